The van der Waals surface area contributed by atoms with Crippen LogP contribution < -0.4 is 0 Å². The zero-order chi connectivity index (χ0) is 8.81. The lowest BCUT2D eigenvalue weighted by Gasteiger charge is -2.13. The second-order valence-corrected chi connectivity index (χ2v) is 3.70. The van der Waals surface area contributed by atoms with E-state index in [9.17, 15) is 4.79 Å². The Morgan fingerprint density at radius 3 is 3.08 bits per heavy atom. The van der Waals surface area contributed by atoms with E-state index < -0.39 is 0 Å². The third kappa shape index (κ3) is 2.94. The fraction of sp³-hybridized carbons (Fsp3) is 0.900. The minimum Gasteiger partial charge on any atom is -0.303 e. The van der Waals surface area contributed by atoms with Crippen LogP contribution in [0.5, 0.6) is 0 Å². The molecular weight excluding hydrogens is 150 g/mol. The summed E-state index contributed by atoms with van der Waals surface area (Å²) in [6, 6.07) is 0. The molecule has 0 aromatic rings. The Kier molecular flexibility index (Phi) is 4.30. The van der Waals surface area contributed by atoms with Crippen molar-refractivity contribution < 1.29 is 4.79 Å². The van der Waals surface area contributed by atoms with Gasteiger partial charge in [0.15, 0.2) is 0 Å². The van der Waals surface area contributed by atoms with Gasteiger partial charge in [0.1, 0.15) is 6.29 Å². The van der Waals surface area contributed by atoms with Crippen LogP contribution in [0, 0.1) is 5.92 Å². The minimum absolute atomic E-state index is 0.707. The van der Waals surface area contributed by atoms with Crippen molar-refractivity contribution in [1.29, 1.82) is 0 Å². The van der Waals surface area contributed by atoms with Crippen LogP contribution in [0.25, 0.3) is 0 Å². The van der Waals surface area contributed by atoms with Crippen molar-refractivity contribution in [3.8, 4) is 0 Å². The summed E-state index contributed by atoms with van der Waals surface area (Å²) in [6.45, 7) is 5.65. The highest BCUT2D eigenvalue weighted by Crippen LogP contribution is 2.20. The number of hydrogen-bond donors (Lipinski definition) is 0. The third-order valence-electron chi connectivity index (χ3n) is 2.63. The van der Waals surface area contributed by atoms with Gasteiger partial charge in [-0.25, -0.2) is 0 Å². The zero-order valence-corrected chi connectivity index (χ0v) is 7.96. The van der Waals surface area contributed by atoms with Crippen LogP contribution in [0.4, 0.5) is 0 Å². The summed E-state index contributed by atoms with van der Waals surface area (Å²) in [5, 5.41) is 0. The maximum atomic E-state index is 10.1. The van der Waals surface area contributed by atoms with Crippen LogP contribution in [0.15, 0.2) is 0 Å². The molecule has 2 nitrogen and oxygen atoms in total. The van der Waals surface area contributed by atoms with Gasteiger partial charge in [-0.1, -0.05) is 13.3 Å². The Bertz CT molecular complexity index is 136. The molecule has 0 bridgehead atoms. The lowest BCUT2D eigenvalue weighted by atomic mass is 10.0. The normalized spacial score (nSPS) is 24.6. The van der Waals surface area contributed by atoms with Crippen LogP contribution in [0.1, 0.15) is 32.6 Å². The number of carbonyl (C=O) groups is 1. The third-order valence-corrected chi connectivity index (χ3v) is 2.63. The number of aldehydes is 1. The van der Waals surface area contributed by atoms with Crippen LogP contribution in [0.3, 0.4) is 0 Å². The molecule has 0 amide bonds. The molecule has 1 fully saturated rings. The van der Waals surface area contributed by atoms with Crippen molar-refractivity contribution in [2.75, 3.05) is 19.6 Å². The van der Waals surface area contributed by atoms with Crippen molar-refractivity contribution in [3.63, 3.8) is 0 Å². The Morgan fingerprint density at radius 1 is 1.58 bits per heavy atom. The fourth-order valence-corrected chi connectivity index (χ4v) is 2.00. The second kappa shape index (κ2) is 5.31. The van der Waals surface area contributed by atoms with Crippen molar-refractivity contribution >= 4 is 6.29 Å². The Labute approximate surface area is 74.9 Å². The van der Waals surface area contributed by atoms with Crippen molar-refractivity contribution in [2.24, 2.45) is 5.92 Å². The molecule has 0 radical (unpaired) electrons. The van der Waals surface area contributed by atoms with Gasteiger partial charge in [-0.15, -0.1) is 0 Å². The molecule has 1 rings (SSSR count). The van der Waals surface area contributed by atoms with Crippen molar-refractivity contribution in [1.82, 2.24) is 4.90 Å². The van der Waals surface area contributed by atoms with Gasteiger partial charge in [-0.2, -0.15) is 0 Å². The molecule has 1 heterocycles. The molecule has 1 unspecified atom stereocenters. The molecule has 70 valence electrons. The Hall–Kier alpha value is -0.370. The molecule has 0 saturated carbocycles. The van der Waals surface area contributed by atoms with E-state index in [1.54, 1.807) is 0 Å². The molecule has 1 aliphatic heterocycles. The van der Waals surface area contributed by atoms with E-state index >= 15 is 0 Å². The first-order valence-corrected chi connectivity index (χ1v) is 5.02. The molecule has 0 aromatic carbocycles. The highest BCUT2D eigenvalue weighted by atomic mass is 16.1. The standard InChI is InChI=1S/C10H19NO/c1-2-4-10-5-7-11(9-10)6-3-8-12/h8,10H,2-7,9H2,1H3. The van der Waals surface area contributed by atoms with E-state index in [0.717, 1.165) is 18.7 Å². The molecule has 1 saturated heterocycles. The van der Waals surface area contributed by atoms with Gasteiger partial charge >= 0.3 is 0 Å². The van der Waals surface area contributed by atoms with Crippen molar-refractivity contribution in [3.05, 3.63) is 0 Å². The molecule has 0 aromatic heterocycles. The van der Waals surface area contributed by atoms with Crippen LogP contribution in [-0.4, -0.2) is 30.8 Å². The number of hydrogen-bond acceptors (Lipinski definition) is 2. The summed E-state index contributed by atoms with van der Waals surface area (Å²) in [6.07, 6.45) is 5.72. The molecule has 1 aliphatic rings. The quantitative estimate of drug-likeness (QED) is 0.584. The average molecular weight is 169 g/mol. The number of carbonyl (C=O) groups excluding carboxylic acids is 1. The maximum Gasteiger partial charge on any atom is 0.121 e. The monoisotopic (exact) mass is 169 g/mol. The Balaban J connectivity index is 2.12. The number of rotatable bonds is 5. The SMILES string of the molecule is CCCC1CCN(CCC=O)C1. The Morgan fingerprint density at radius 2 is 2.42 bits per heavy atom. The highest BCUT2D eigenvalue weighted by Gasteiger charge is 2.20. The summed E-state index contributed by atoms with van der Waals surface area (Å²) in [7, 11) is 0. The maximum absolute atomic E-state index is 10.1. The van der Waals surface area contributed by atoms with E-state index in [1.165, 1.54) is 32.4 Å². The largest absolute Gasteiger partial charge is 0.303 e. The molecule has 0 N–H and O–H groups in total. The first kappa shape index (κ1) is 9.72. The molecular formula is C10H19NO. The average Bonchev–Trinajstić information content (AvgIpc) is 2.50. The molecule has 2 heteroatoms. The van der Waals surface area contributed by atoms with Gasteiger partial charge in [-0.3, -0.25) is 0 Å². The van der Waals surface area contributed by atoms with E-state index in [-0.39, 0.29) is 0 Å². The topological polar surface area (TPSA) is 20.3 Å². The van der Waals surface area contributed by atoms with Gasteiger partial charge in [0.05, 0.1) is 0 Å². The first-order chi connectivity index (χ1) is 5.86. The molecule has 0 spiro atoms. The smallest absolute Gasteiger partial charge is 0.121 e. The minimum atomic E-state index is 0.707. The lowest BCUT2D eigenvalue weighted by molar-refractivity contribution is -0.108. The number of likely N-dealkylation sites (tertiary alicyclic amines) is 1. The van der Waals surface area contributed by atoms with Gasteiger partial charge in [0.25, 0.3) is 0 Å². The summed E-state index contributed by atoms with van der Waals surface area (Å²) in [5.74, 6) is 0.904. The van der Waals surface area contributed by atoms with Gasteiger partial charge in [-0.05, 0) is 25.3 Å². The lowest BCUT2D eigenvalue weighted by Crippen LogP contribution is -2.22. The highest BCUT2D eigenvalue weighted by molar-refractivity contribution is 5.49. The van der Waals surface area contributed by atoms with E-state index in [4.69, 9.17) is 0 Å². The summed E-state index contributed by atoms with van der Waals surface area (Å²) < 4.78 is 0. The molecule has 12 heavy (non-hydrogen) atoms. The van der Waals surface area contributed by atoms with E-state index in [2.05, 4.69) is 11.8 Å². The van der Waals surface area contributed by atoms with Gasteiger partial charge in [0.2, 0.25) is 0 Å². The van der Waals surface area contributed by atoms with Gasteiger partial charge < -0.3 is 9.69 Å². The summed E-state index contributed by atoms with van der Waals surface area (Å²) in [5.41, 5.74) is 0. The fourth-order valence-electron chi connectivity index (χ4n) is 2.00. The van der Waals surface area contributed by atoms with E-state index in [0.29, 0.717) is 6.42 Å². The van der Waals surface area contributed by atoms with E-state index in [1.807, 2.05) is 0 Å². The van der Waals surface area contributed by atoms with Crippen LogP contribution in [0.2, 0.25) is 0 Å². The van der Waals surface area contributed by atoms with Crippen LogP contribution in [-0.2, 0) is 4.79 Å². The predicted molar refractivity (Wildman–Crippen MR) is 50.1 cm³/mol. The molecule has 1 atom stereocenters. The predicted octanol–water partition coefficient (Wildman–Crippen LogP) is 1.70. The first-order valence-electron chi connectivity index (χ1n) is 5.02. The summed E-state index contributed by atoms with van der Waals surface area (Å²) in [4.78, 5) is 12.6. The number of nitrogens with zero attached hydrogens (tertiary/aromatic N) is 1. The molecule has 0 aliphatic carbocycles. The summed E-state index contributed by atoms with van der Waals surface area (Å²) >= 11 is 0. The zero-order valence-electron chi connectivity index (χ0n) is 7.96. The second-order valence-electron chi connectivity index (χ2n) is 3.70. The van der Waals surface area contributed by atoms with Crippen molar-refractivity contribution in [2.45, 2.75) is 32.6 Å². The van der Waals surface area contributed by atoms with Gasteiger partial charge in [0, 0.05) is 19.5 Å². The van der Waals surface area contributed by atoms with Crippen LogP contribution >= 0.6 is 0 Å².